The van der Waals surface area contributed by atoms with E-state index in [0.717, 1.165) is 12.8 Å². The molecule has 74 valence electrons. The van der Waals surface area contributed by atoms with Gasteiger partial charge in [-0.1, -0.05) is 13.3 Å². The van der Waals surface area contributed by atoms with E-state index >= 15 is 0 Å². The van der Waals surface area contributed by atoms with E-state index < -0.39 is 6.29 Å². The van der Waals surface area contributed by atoms with Crippen molar-refractivity contribution in [2.45, 2.75) is 26.1 Å². The zero-order valence-electron chi connectivity index (χ0n) is 7.53. The first-order chi connectivity index (χ1) is 5.81. The summed E-state index contributed by atoms with van der Waals surface area (Å²) in [6, 6.07) is 0. The quantitative estimate of drug-likeness (QED) is 0.410. The Kier molecular flexibility index (Phi) is 8.81. The molecule has 0 fully saturated rings. The maximum absolute atomic E-state index is 9.02. The summed E-state index contributed by atoms with van der Waals surface area (Å²) in [5, 5.41) is 17.4. The van der Waals surface area contributed by atoms with Gasteiger partial charge in [-0.2, -0.15) is 0 Å². The molecule has 4 nitrogen and oxygen atoms in total. The van der Waals surface area contributed by atoms with Crippen LogP contribution in [0.3, 0.4) is 0 Å². The summed E-state index contributed by atoms with van der Waals surface area (Å²) in [7, 11) is 0. The van der Waals surface area contributed by atoms with Crippen LogP contribution in [0.5, 0.6) is 0 Å². The molecule has 0 saturated heterocycles. The number of hydrogen-bond donors (Lipinski definition) is 2. The molecule has 0 radical (unpaired) electrons. The van der Waals surface area contributed by atoms with Gasteiger partial charge in [-0.15, -0.1) is 0 Å². The van der Waals surface area contributed by atoms with Gasteiger partial charge in [-0.05, 0) is 6.42 Å². The summed E-state index contributed by atoms with van der Waals surface area (Å²) < 4.78 is 9.83. The molecule has 1 atom stereocenters. The zero-order valence-corrected chi connectivity index (χ0v) is 7.53. The molecule has 12 heavy (non-hydrogen) atoms. The predicted octanol–water partition coefficient (Wildman–Crippen LogP) is 0.130. The Morgan fingerprint density at radius 3 is 2.67 bits per heavy atom. The van der Waals surface area contributed by atoms with Gasteiger partial charge in [0.1, 0.15) is 0 Å². The van der Waals surface area contributed by atoms with Crippen molar-refractivity contribution in [2.75, 3.05) is 26.4 Å². The largest absolute Gasteiger partial charge is 0.394 e. The molecule has 0 spiro atoms. The lowest BCUT2D eigenvalue weighted by Gasteiger charge is -2.10. The molecule has 0 aromatic carbocycles. The predicted molar refractivity (Wildman–Crippen MR) is 44.8 cm³/mol. The molecule has 4 heteroatoms. The minimum Gasteiger partial charge on any atom is -0.394 e. The lowest BCUT2D eigenvalue weighted by atomic mass is 10.4. The van der Waals surface area contributed by atoms with Crippen LogP contribution >= 0.6 is 0 Å². The van der Waals surface area contributed by atoms with E-state index in [0.29, 0.717) is 6.61 Å². The number of rotatable bonds is 8. The molecule has 2 N–H and O–H groups in total. The van der Waals surface area contributed by atoms with Crippen LogP contribution in [0.25, 0.3) is 0 Å². The van der Waals surface area contributed by atoms with Crippen LogP contribution in [0.1, 0.15) is 19.8 Å². The Balaban J connectivity index is 3.02. The van der Waals surface area contributed by atoms with E-state index in [4.69, 9.17) is 19.7 Å². The van der Waals surface area contributed by atoms with Gasteiger partial charge in [0.2, 0.25) is 0 Å². The lowest BCUT2D eigenvalue weighted by molar-refractivity contribution is -0.142. The average molecular weight is 178 g/mol. The van der Waals surface area contributed by atoms with Crippen molar-refractivity contribution in [3.8, 4) is 0 Å². The zero-order chi connectivity index (χ0) is 9.23. The SMILES string of the molecule is CCCCOCC(O)OCCO. The first-order valence-electron chi connectivity index (χ1n) is 4.29. The van der Waals surface area contributed by atoms with Crippen LogP contribution in [0, 0.1) is 0 Å². The number of aliphatic hydroxyl groups is 2. The number of hydrogen-bond acceptors (Lipinski definition) is 4. The van der Waals surface area contributed by atoms with Crippen LogP contribution in [0.2, 0.25) is 0 Å². The van der Waals surface area contributed by atoms with E-state index in [-0.39, 0.29) is 19.8 Å². The maximum atomic E-state index is 9.02. The normalized spacial score (nSPS) is 13.2. The summed E-state index contributed by atoms with van der Waals surface area (Å²) in [5.74, 6) is 0. The van der Waals surface area contributed by atoms with Gasteiger partial charge < -0.3 is 19.7 Å². The second kappa shape index (κ2) is 8.93. The van der Waals surface area contributed by atoms with E-state index in [2.05, 4.69) is 6.92 Å². The molecular formula is C8H18O4. The fourth-order valence-corrected chi connectivity index (χ4v) is 0.667. The highest BCUT2D eigenvalue weighted by Gasteiger charge is 2.02. The minimum atomic E-state index is -0.908. The summed E-state index contributed by atoms with van der Waals surface area (Å²) in [5.41, 5.74) is 0. The summed E-state index contributed by atoms with van der Waals surface area (Å²) in [4.78, 5) is 0. The summed E-state index contributed by atoms with van der Waals surface area (Å²) in [6.07, 6.45) is 1.16. The van der Waals surface area contributed by atoms with E-state index in [9.17, 15) is 0 Å². The Labute approximate surface area is 73.1 Å². The smallest absolute Gasteiger partial charge is 0.178 e. The van der Waals surface area contributed by atoms with Crippen molar-refractivity contribution in [3.63, 3.8) is 0 Å². The van der Waals surface area contributed by atoms with Gasteiger partial charge in [0, 0.05) is 6.61 Å². The number of ether oxygens (including phenoxy) is 2. The van der Waals surface area contributed by atoms with Gasteiger partial charge in [0.25, 0.3) is 0 Å². The number of unbranched alkanes of at least 4 members (excludes halogenated alkanes) is 1. The van der Waals surface area contributed by atoms with E-state index in [1.165, 1.54) is 0 Å². The van der Waals surface area contributed by atoms with Crippen molar-refractivity contribution in [2.24, 2.45) is 0 Å². The van der Waals surface area contributed by atoms with Gasteiger partial charge in [0.15, 0.2) is 6.29 Å². The second-order valence-electron chi connectivity index (χ2n) is 2.48. The van der Waals surface area contributed by atoms with Crippen molar-refractivity contribution in [1.82, 2.24) is 0 Å². The second-order valence-corrected chi connectivity index (χ2v) is 2.48. The molecule has 0 aliphatic carbocycles. The molecule has 0 bridgehead atoms. The minimum absolute atomic E-state index is 0.0774. The average Bonchev–Trinajstić information content (AvgIpc) is 2.09. The third-order valence-electron chi connectivity index (χ3n) is 1.30. The molecule has 0 amide bonds. The Morgan fingerprint density at radius 1 is 1.33 bits per heavy atom. The van der Waals surface area contributed by atoms with Crippen LogP contribution in [-0.2, 0) is 9.47 Å². The molecule has 0 saturated carbocycles. The van der Waals surface area contributed by atoms with Crippen molar-refractivity contribution in [1.29, 1.82) is 0 Å². The third kappa shape index (κ3) is 7.94. The summed E-state index contributed by atoms with van der Waals surface area (Å²) in [6.45, 7) is 2.97. The fraction of sp³-hybridized carbons (Fsp3) is 1.00. The highest BCUT2D eigenvalue weighted by molar-refractivity contribution is 4.38. The van der Waals surface area contributed by atoms with Gasteiger partial charge in [-0.25, -0.2) is 0 Å². The molecular weight excluding hydrogens is 160 g/mol. The van der Waals surface area contributed by atoms with E-state index in [1.54, 1.807) is 0 Å². The topological polar surface area (TPSA) is 58.9 Å². The molecule has 0 heterocycles. The van der Waals surface area contributed by atoms with Gasteiger partial charge in [-0.3, -0.25) is 0 Å². The van der Waals surface area contributed by atoms with Crippen molar-refractivity contribution < 1.29 is 19.7 Å². The highest BCUT2D eigenvalue weighted by Crippen LogP contribution is 1.91. The molecule has 0 rings (SSSR count). The lowest BCUT2D eigenvalue weighted by Crippen LogP contribution is -2.21. The van der Waals surface area contributed by atoms with Gasteiger partial charge >= 0.3 is 0 Å². The first kappa shape index (κ1) is 11.8. The van der Waals surface area contributed by atoms with Crippen molar-refractivity contribution in [3.05, 3.63) is 0 Å². The standard InChI is InChI=1S/C8H18O4/c1-2-3-5-11-7-8(10)12-6-4-9/h8-10H,2-7H2,1H3. The van der Waals surface area contributed by atoms with Gasteiger partial charge in [0.05, 0.1) is 19.8 Å². The van der Waals surface area contributed by atoms with Crippen molar-refractivity contribution >= 4 is 0 Å². The Bertz CT molecular complexity index is 87.1. The Hall–Kier alpha value is -0.160. The number of aliphatic hydroxyl groups excluding tert-OH is 2. The third-order valence-corrected chi connectivity index (χ3v) is 1.30. The monoisotopic (exact) mass is 178 g/mol. The fourth-order valence-electron chi connectivity index (χ4n) is 0.667. The van der Waals surface area contributed by atoms with E-state index in [1.807, 2.05) is 0 Å². The van der Waals surface area contributed by atoms with Crippen LogP contribution in [-0.4, -0.2) is 42.9 Å². The maximum Gasteiger partial charge on any atom is 0.178 e. The molecule has 0 aliphatic heterocycles. The summed E-state index contributed by atoms with van der Waals surface area (Å²) >= 11 is 0. The molecule has 0 aromatic rings. The molecule has 0 aromatic heterocycles. The highest BCUT2D eigenvalue weighted by atomic mass is 16.6. The Morgan fingerprint density at radius 2 is 2.08 bits per heavy atom. The van der Waals surface area contributed by atoms with Crippen LogP contribution < -0.4 is 0 Å². The first-order valence-corrected chi connectivity index (χ1v) is 4.29. The molecule has 1 unspecified atom stereocenters. The molecule has 0 aliphatic rings. The van der Waals surface area contributed by atoms with Crippen LogP contribution in [0.4, 0.5) is 0 Å². The van der Waals surface area contributed by atoms with Crippen LogP contribution in [0.15, 0.2) is 0 Å².